The van der Waals surface area contributed by atoms with E-state index >= 15 is 0 Å². The Morgan fingerprint density at radius 3 is 2.62 bits per heavy atom. The zero-order chi connectivity index (χ0) is 18.4. The molecule has 1 N–H and O–H groups in total. The van der Waals surface area contributed by atoms with Crippen molar-refractivity contribution in [3.63, 3.8) is 0 Å². The van der Waals surface area contributed by atoms with Crippen molar-refractivity contribution in [2.24, 2.45) is 0 Å². The zero-order valence-electron chi connectivity index (χ0n) is 15.0. The van der Waals surface area contributed by atoms with Crippen LogP contribution in [0, 0.1) is 0 Å². The molecule has 2 aromatic carbocycles. The number of nitrogens with one attached hydrogen (secondary N) is 1. The number of nitrogens with zero attached hydrogens (tertiary/aromatic N) is 1. The van der Waals surface area contributed by atoms with Gasteiger partial charge in [0.2, 0.25) is 5.91 Å². The summed E-state index contributed by atoms with van der Waals surface area (Å²) in [5.74, 6) is -0.0477. The van der Waals surface area contributed by atoms with Crippen molar-refractivity contribution in [1.82, 2.24) is 5.32 Å². The van der Waals surface area contributed by atoms with Crippen molar-refractivity contribution in [3.05, 3.63) is 60.2 Å². The van der Waals surface area contributed by atoms with Gasteiger partial charge in [0.15, 0.2) is 4.87 Å². The number of carbonyl (C=O) groups excluding carboxylic acids is 2. The van der Waals surface area contributed by atoms with E-state index in [1.807, 2.05) is 42.5 Å². The lowest BCUT2D eigenvalue weighted by Crippen LogP contribution is -2.54. The number of carbonyl (C=O) groups is 2. The number of rotatable bonds is 4. The molecule has 4 nitrogen and oxygen atoms in total. The third-order valence-electron chi connectivity index (χ3n) is 5.27. The summed E-state index contributed by atoms with van der Waals surface area (Å²) in [6, 6.07) is 17.9. The molecule has 4 rings (SSSR count). The van der Waals surface area contributed by atoms with Gasteiger partial charge in [-0.2, -0.15) is 0 Å². The standard InChI is InChI=1S/C21H22N2O2S/c1-20(2,15-8-4-3-5-9-15)14-22-19(25)21-13-12-18(24)23(21)16-10-6-7-11-17(16)26-21/h3-11H,12-14H2,1-2H3,(H,22,25). The van der Waals surface area contributed by atoms with Gasteiger partial charge in [0.05, 0.1) is 5.69 Å². The Morgan fingerprint density at radius 2 is 1.85 bits per heavy atom. The number of fused-ring (bicyclic) bond motifs is 3. The summed E-state index contributed by atoms with van der Waals surface area (Å²) in [4.78, 5) is 27.6. The topological polar surface area (TPSA) is 49.4 Å². The molecule has 26 heavy (non-hydrogen) atoms. The highest BCUT2D eigenvalue weighted by Crippen LogP contribution is 2.55. The fourth-order valence-electron chi connectivity index (χ4n) is 3.73. The number of amides is 2. The van der Waals surface area contributed by atoms with Crippen LogP contribution in [0.1, 0.15) is 32.3 Å². The van der Waals surface area contributed by atoms with Gasteiger partial charge in [-0.1, -0.05) is 68.1 Å². The van der Waals surface area contributed by atoms with Crippen molar-refractivity contribution in [1.29, 1.82) is 0 Å². The van der Waals surface area contributed by atoms with Gasteiger partial charge in [-0.15, -0.1) is 0 Å². The van der Waals surface area contributed by atoms with E-state index < -0.39 is 4.87 Å². The van der Waals surface area contributed by atoms with Crippen LogP contribution in [0.5, 0.6) is 0 Å². The molecule has 0 radical (unpaired) electrons. The lowest BCUT2D eigenvalue weighted by molar-refractivity contribution is -0.125. The number of para-hydroxylation sites is 1. The van der Waals surface area contributed by atoms with Gasteiger partial charge in [0.1, 0.15) is 0 Å². The Labute approximate surface area is 158 Å². The second-order valence-corrected chi connectivity index (χ2v) is 8.84. The molecule has 2 aliphatic rings. The van der Waals surface area contributed by atoms with Crippen molar-refractivity contribution in [2.45, 2.75) is 41.9 Å². The molecule has 134 valence electrons. The number of hydrogen-bond acceptors (Lipinski definition) is 3. The maximum Gasteiger partial charge on any atom is 0.257 e. The fourth-order valence-corrected chi connectivity index (χ4v) is 5.16. The average molecular weight is 366 g/mol. The van der Waals surface area contributed by atoms with E-state index in [0.717, 1.165) is 10.6 Å². The van der Waals surface area contributed by atoms with Gasteiger partial charge in [-0.05, 0) is 24.1 Å². The minimum absolute atomic E-state index is 0.0277. The van der Waals surface area contributed by atoms with Gasteiger partial charge >= 0.3 is 0 Å². The van der Waals surface area contributed by atoms with Crippen LogP contribution in [0.3, 0.4) is 0 Å². The summed E-state index contributed by atoms with van der Waals surface area (Å²) in [6.45, 7) is 4.76. The maximum absolute atomic E-state index is 13.2. The molecule has 1 saturated heterocycles. The van der Waals surface area contributed by atoms with Gasteiger partial charge in [0.25, 0.3) is 5.91 Å². The van der Waals surface area contributed by atoms with Crippen molar-refractivity contribution in [3.8, 4) is 0 Å². The third kappa shape index (κ3) is 2.62. The summed E-state index contributed by atoms with van der Waals surface area (Å²) in [7, 11) is 0. The molecule has 0 bridgehead atoms. The van der Waals surface area contributed by atoms with Crippen molar-refractivity contribution >= 4 is 29.3 Å². The lowest BCUT2D eigenvalue weighted by atomic mass is 9.84. The summed E-state index contributed by atoms with van der Waals surface area (Å²) >= 11 is 1.51. The Balaban J connectivity index is 1.56. The molecule has 1 unspecified atom stereocenters. The van der Waals surface area contributed by atoms with Gasteiger partial charge in [-0.3, -0.25) is 14.5 Å². The molecule has 2 aromatic rings. The van der Waals surface area contributed by atoms with Crippen LogP contribution in [0.25, 0.3) is 0 Å². The molecule has 2 aliphatic heterocycles. The Kier molecular flexibility index (Phi) is 4.07. The highest BCUT2D eigenvalue weighted by molar-refractivity contribution is 8.02. The first-order valence-electron chi connectivity index (χ1n) is 8.89. The largest absolute Gasteiger partial charge is 0.352 e. The van der Waals surface area contributed by atoms with E-state index in [9.17, 15) is 9.59 Å². The third-order valence-corrected chi connectivity index (χ3v) is 6.75. The fraction of sp³-hybridized carbons (Fsp3) is 0.333. The van der Waals surface area contributed by atoms with Crippen LogP contribution in [0.15, 0.2) is 59.5 Å². The molecule has 0 aliphatic carbocycles. The van der Waals surface area contributed by atoms with Crippen molar-refractivity contribution in [2.75, 3.05) is 11.4 Å². The summed E-state index contributed by atoms with van der Waals surface area (Å²) in [5.41, 5.74) is 1.86. The van der Waals surface area contributed by atoms with E-state index in [1.165, 1.54) is 17.3 Å². The van der Waals surface area contributed by atoms with Gasteiger partial charge in [-0.25, -0.2) is 0 Å². The highest BCUT2D eigenvalue weighted by atomic mass is 32.2. The van der Waals surface area contributed by atoms with Crippen LogP contribution in [-0.2, 0) is 15.0 Å². The van der Waals surface area contributed by atoms with Crippen LogP contribution < -0.4 is 10.2 Å². The van der Waals surface area contributed by atoms with Crippen LogP contribution in [0.2, 0.25) is 0 Å². The zero-order valence-corrected chi connectivity index (χ0v) is 15.8. The molecule has 5 heteroatoms. The molecular weight excluding hydrogens is 344 g/mol. The van der Waals surface area contributed by atoms with Gasteiger partial charge < -0.3 is 5.32 Å². The van der Waals surface area contributed by atoms with Crippen LogP contribution in [0.4, 0.5) is 5.69 Å². The summed E-state index contributed by atoms with van der Waals surface area (Å²) in [5, 5.41) is 3.13. The minimum Gasteiger partial charge on any atom is -0.352 e. The highest BCUT2D eigenvalue weighted by Gasteiger charge is 2.57. The average Bonchev–Trinajstić information content (AvgIpc) is 3.16. The normalized spacial score (nSPS) is 21.5. The number of benzene rings is 2. The molecule has 0 aromatic heterocycles. The first-order chi connectivity index (χ1) is 12.4. The predicted octanol–water partition coefficient (Wildman–Crippen LogP) is 3.71. The van der Waals surface area contributed by atoms with E-state index in [-0.39, 0.29) is 17.2 Å². The molecule has 2 amide bonds. The van der Waals surface area contributed by atoms with E-state index in [0.29, 0.717) is 19.4 Å². The second kappa shape index (κ2) is 6.16. The molecule has 2 heterocycles. The molecular formula is C21H22N2O2S. The molecule has 0 saturated carbocycles. The van der Waals surface area contributed by atoms with E-state index in [4.69, 9.17) is 0 Å². The number of hydrogen-bond donors (Lipinski definition) is 1. The lowest BCUT2D eigenvalue weighted by Gasteiger charge is -2.32. The van der Waals surface area contributed by atoms with Crippen molar-refractivity contribution < 1.29 is 9.59 Å². The first kappa shape index (κ1) is 17.2. The smallest absolute Gasteiger partial charge is 0.257 e. The molecule has 1 fully saturated rings. The van der Waals surface area contributed by atoms with E-state index in [2.05, 4.69) is 31.3 Å². The summed E-state index contributed by atoms with van der Waals surface area (Å²) < 4.78 is 0. The minimum atomic E-state index is -0.840. The number of thioether (sulfide) groups is 1. The van der Waals surface area contributed by atoms with Crippen LogP contribution in [-0.4, -0.2) is 23.2 Å². The summed E-state index contributed by atoms with van der Waals surface area (Å²) in [6.07, 6.45) is 0.958. The monoisotopic (exact) mass is 366 g/mol. The number of anilines is 1. The SMILES string of the molecule is CC(C)(CNC(=O)C12CCC(=O)N1c1ccccc1S2)c1ccccc1. The maximum atomic E-state index is 13.2. The molecule has 0 spiro atoms. The quantitative estimate of drug-likeness (QED) is 0.897. The molecule has 1 atom stereocenters. The van der Waals surface area contributed by atoms with Gasteiger partial charge in [0, 0.05) is 23.3 Å². The Bertz CT molecular complexity index is 865. The first-order valence-corrected chi connectivity index (χ1v) is 9.71. The predicted molar refractivity (Wildman–Crippen MR) is 104 cm³/mol. The Hall–Kier alpha value is -2.27. The second-order valence-electron chi connectivity index (χ2n) is 7.52. The Morgan fingerprint density at radius 1 is 1.15 bits per heavy atom. The van der Waals surface area contributed by atoms with E-state index in [1.54, 1.807) is 4.90 Å². The van der Waals surface area contributed by atoms with Crippen LogP contribution >= 0.6 is 11.8 Å².